The zero-order valence-corrected chi connectivity index (χ0v) is 13.2. The summed E-state index contributed by atoms with van der Waals surface area (Å²) in [6, 6.07) is 16.5. The van der Waals surface area contributed by atoms with Crippen LogP contribution in [0.3, 0.4) is 0 Å². The fourth-order valence-corrected chi connectivity index (χ4v) is 2.79. The third-order valence-electron chi connectivity index (χ3n) is 3.50. The molecule has 1 N–H and O–H groups in total. The summed E-state index contributed by atoms with van der Waals surface area (Å²) in [6.45, 7) is 4.31. The zero-order valence-electron chi connectivity index (χ0n) is 11.7. The molecule has 2 aromatic rings. The Hall–Kier alpha value is -1.02. The van der Waals surface area contributed by atoms with Gasteiger partial charge in [0.05, 0.1) is 0 Å². The average Bonchev–Trinajstić information content (AvgIpc) is 2.46. The molecule has 0 aromatic heterocycles. The first-order valence-electron chi connectivity index (χ1n) is 6.87. The van der Waals surface area contributed by atoms with Crippen molar-refractivity contribution in [2.75, 3.05) is 0 Å². The predicted octanol–water partition coefficient (Wildman–Crippen LogP) is 5.80. The molecule has 1 unspecified atom stereocenters. The number of nitrogens with one attached hydrogen (secondary N) is 1. The van der Waals surface area contributed by atoms with Crippen molar-refractivity contribution < 1.29 is 0 Å². The Balaban J connectivity index is 2.14. The van der Waals surface area contributed by atoms with Crippen molar-refractivity contribution in [3.8, 4) is 0 Å². The Bertz CT molecular complexity index is 551. The number of halogens is 2. The van der Waals surface area contributed by atoms with Crippen LogP contribution in [0.15, 0.2) is 48.5 Å². The molecule has 0 saturated carbocycles. The zero-order chi connectivity index (χ0) is 14.5. The average molecular weight is 308 g/mol. The molecule has 0 fully saturated rings. The SMILES string of the molecule is CCC(N[C@H](C)c1ccccc1Cl)c1ccc(Cl)cc1. The minimum atomic E-state index is 0.198. The molecule has 0 radical (unpaired) electrons. The lowest BCUT2D eigenvalue weighted by Crippen LogP contribution is -2.24. The minimum Gasteiger partial charge on any atom is -0.303 e. The number of rotatable bonds is 5. The lowest BCUT2D eigenvalue weighted by molar-refractivity contribution is 0.456. The predicted molar refractivity (Wildman–Crippen MR) is 87.5 cm³/mol. The quantitative estimate of drug-likeness (QED) is 0.736. The maximum atomic E-state index is 6.26. The molecule has 0 bridgehead atoms. The van der Waals surface area contributed by atoms with Crippen LogP contribution in [0.2, 0.25) is 10.0 Å². The van der Waals surface area contributed by atoms with Gasteiger partial charge in [-0.3, -0.25) is 0 Å². The van der Waals surface area contributed by atoms with E-state index in [0.29, 0.717) is 6.04 Å². The molecule has 0 aliphatic heterocycles. The van der Waals surface area contributed by atoms with Gasteiger partial charge < -0.3 is 5.32 Å². The Labute approximate surface area is 130 Å². The van der Waals surface area contributed by atoms with Crippen LogP contribution in [0.25, 0.3) is 0 Å². The van der Waals surface area contributed by atoms with Crippen LogP contribution in [0.5, 0.6) is 0 Å². The molecule has 0 aliphatic rings. The van der Waals surface area contributed by atoms with E-state index in [2.05, 4.69) is 37.4 Å². The van der Waals surface area contributed by atoms with Gasteiger partial charge >= 0.3 is 0 Å². The summed E-state index contributed by atoms with van der Waals surface area (Å²) in [5.41, 5.74) is 2.37. The fourth-order valence-electron chi connectivity index (χ4n) is 2.36. The first kappa shape index (κ1) is 15.4. The molecule has 2 rings (SSSR count). The van der Waals surface area contributed by atoms with Gasteiger partial charge in [-0.2, -0.15) is 0 Å². The number of hydrogen-bond acceptors (Lipinski definition) is 1. The molecule has 0 saturated heterocycles. The van der Waals surface area contributed by atoms with E-state index < -0.39 is 0 Å². The summed E-state index contributed by atoms with van der Waals surface area (Å²) in [4.78, 5) is 0. The van der Waals surface area contributed by atoms with Gasteiger partial charge in [0.2, 0.25) is 0 Å². The van der Waals surface area contributed by atoms with Crippen molar-refractivity contribution in [1.82, 2.24) is 5.32 Å². The Morgan fingerprint density at radius 3 is 2.25 bits per heavy atom. The van der Waals surface area contributed by atoms with E-state index in [1.165, 1.54) is 5.56 Å². The van der Waals surface area contributed by atoms with Gasteiger partial charge in [-0.05, 0) is 42.7 Å². The molecule has 106 valence electrons. The molecule has 2 atom stereocenters. The standard InChI is InChI=1S/C17H19Cl2N/c1-3-17(13-8-10-14(18)11-9-13)20-12(2)15-6-4-5-7-16(15)19/h4-12,17,20H,3H2,1-2H3/t12-,17?/m1/s1. The van der Waals surface area contributed by atoms with Crippen molar-refractivity contribution in [2.45, 2.75) is 32.4 Å². The Morgan fingerprint density at radius 2 is 1.65 bits per heavy atom. The van der Waals surface area contributed by atoms with Crippen LogP contribution in [0.4, 0.5) is 0 Å². The minimum absolute atomic E-state index is 0.198. The van der Waals surface area contributed by atoms with Crippen molar-refractivity contribution in [2.24, 2.45) is 0 Å². The lowest BCUT2D eigenvalue weighted by Gasteiger charge is -2.23. The Morgan fingerprint density at radius 1 is 1.00 bits per heavy atom. The van der Waals surface area contributed by atoms with Crippen molar-refractivity contribution in [1.29, 1.82) is 0 Å². The molecule has 0 heterocycles. The van der Waals surface area contributed by atoms with Gasteiger partial charge in [0.25, 0.3) is 0 Å². The fraction of sp³-hybridized carbons (Fsp3) is 0.294. The van der Waals surface area contributed by atoms with Crippen LogP contribution in [-0.4, -0.2) is 0 Å². The highest BCUT2D eigenvalue weighted by Crippen LogP contribution is 2.27. The lowest BCUT2D eigenvalue weighted by atomic mass is 10.0. The Kier molecular flexibility index (Phi) is 5.47. The van der Waals surface area contributed by atoms with E-state index >= 15 is 0 Å². The van der Waals surface area contributed by atoms with E-state index in [4.69, 9.17) is 23.2 Å². The molecule has 0 spiro atoms. The van der Waals surface area contributed by atoms with Crippen molar-refractivity contribution in [3.05, 3.63) is 69.7 Å². The summed E-state index contributed by atoms with van der Waals surface area (Å²) >= 11 is 12.2. The second kappa shape index (κ2) is 7.12. The summed E-state index contributed by atoms with van der Waals surface area (Å²) in [5, 5.41) is 5.20. The first-order chi connectivity index (χ1) is 9.61. The molecule has 0 aliphatic carbocycles. The van der Waals surface area contributed by atoms with Crippen LogP contribution in [0.1, 0.15) is 43.5 Å². The van der Waals surface area contributed by atoms with Crippen LogP contribution in [0, 0.1) is 0 Å². The highest BCUT2D eigenvalue weighted by molar-refractivity contribution is 6.31. The summed E-state index contributed by atoms with van der Waals surface area (Å²) < 4.78 is 0. The van der Waals surface area contributed by atoms with Gasteiger partial charge in [0.1, 0.15) is 0 Å². The maximum Gasteiger partial charge on any atom is 0.0453 e. The second-order valence-electron chi connectivity index (χ2n) is 4.92. The normalized spacial score (nSPS) is 14.0. The third kappa shape index (κ3) is 3.76. The molecule has 0 amide bonds. The summed E-state index contributed by atoms with van der Waals surface area (Å²) in [6.07, 6.45) is 1.01. The number of benzene rings is 2. The van der Waals surface area contributed by atoms with Gasteiger partial charge in [0, 0.05) is 22.1 Å². The van der Waals surface area contributed by atoms with Gasteiger partial charge in [-0.25, -0.2) is 0 Å². The topological polar surface area (TPSA) is 12.0 Å². The van der Waals surface area contributed by atoms with E-state index in [1.807, 2.05) is 30.3 Å². The highest BCUT2D eigenvalue weighted by atomic mass is 35.5. The molecular formula is C17H19Cl2N. The summed E-state index contributed by atoms with van der Waals surface area (Å²) in [5.74, 6) is 0. The van der Waals surface area contributed by atoms with Crippen LogP contribution in [-0.2, 0) is 0 Å². The highest BCUT2D eigenvalue weighted by Gasteiger charge is 2.15. The van der Waals surface area contributed by atoms with E-state index in [-0.39, 0.29) is 6.04 Å². The molecule has 1 nitrogen and oxygen atoms in total. The maximum absolute atomic E-state index is 6.26. The van der Waals surface area contributed by atoms with Crippen LogP contribution >= 0.6 is 23.2 Å². The van der Waals surface area contributed by atoms with Gasteiger partial charge in [-0.15, -0.1) is 0 Å². The van der Waals surface area contributed by atoms with E-state index in [1.54, 1.807) is 0 Å². The van der Waals surface area contributed by atoms with Crippen molar-refractivity contribution in [3.63, 3.8) is 0 Å². The monoisotopic (exact) mass is 307 g/mol. The molecule has 3 heteroatoms. The van der Waals surface area contributed by atoms with E-state index in [0.717, 1.165) is 22.0 Å². The summed E-state index contributed by atoms with van der Waals surface area (Å²) in [7, 11) is 0. The molecule has 20 heavy (non-hydrogen) atoms. The van der Waals surface area contributed by atoms with Gasteiger partial charge in [0.15, 0.2) is 0 Å². The second-order valence-corrected chi connectivity index (χ2v) is 5.77. The molecule has 2 aromatic carbocycles. The van der Waals surface area contributed by atoms with Crippen LogP contribution < -0.4 is 5.32 Å². The number of hydrogen-bond donors (Lipinski definition) is 1. The van der Waals surface area contributed by atoms with E-state index in [9.17, 15) is 0 Å². The smallest absolute Gasteiger partial charge is 0.0453 e. The van der Waals surface area contributed by atoms with Crippen molar-refractivity contribution >= 4 is 23.2 Å². The van der Waals surface area contributed by atoms with Gasteiger partial charge in [-0.1, -0.05) is 60.5 Å². The third-order valence-corrected chi connectivity index (χ3v) is 4.10. The first-order valence-corrected chi connectivity index (χ1v) is 7.63. The molecular weight excluding hydrogens is 289 g/mol. The largest absolute Gasteiger partial charge is 0.303 e.